The lowest BCUT2D eigenvalue weighted by Gasteiger charge is -2.10. The third-order valence-corrected chi connectivity index (χ3v) is 1.78. The molecule has 2 aliphatic heterocycles. The quantitative estimate of drug-likeness (QED) is 0.407. The van der Waals surface area contributed by atoms with Gasteiger partial charge in [0.25, 0.3) is 11.8 Å². The van der Waals surface area contributed by atoms with Gasteiger partial charge in [0.05, 0.1) is 6.61 Å². The number of hydrogen-bond donors (Lipinski definition) is 0. The average Bonchev–Trinajstić information content (AvgIpc) is 2.88. The summed E-state index contributed by atoms with van der Waals surface area (Å²) in [6, 6.07) is 0. The standard InChI is InChI=1S/C7H7NO5/c9-5-1-2-6(10)8(5)13-7(11)4-3-12-4/h4H,1-3H2. The fourth-order valence-electron chi connectivity index (χ4n) is 0.991. The molecule has 0 radical (unpaired) electrons. The van der Waals surface area contributed by atoms with Crippen molar-refractivity contribution in [1.29, 1.82) is 0 Å². The van der Waals surface area contributed by atoms with E-state index in [0.717, 1.165) is 0 Å². The highest BCUT2D eigenvalue weighted by Gasteiger charge is 2.39. The predicted octanol–water partition coefficient (Wildman–Crippen LogP) is -1.01. The molecule has 0 aromatic rings. The van der Waals surface area contributed by atoms with Crippen molar-refractivity contribution in [3.8, 4) is 0 Å². The molecule has 2 saturated heterocycles. The summed E-state index contributed by atoms with van der Waals surface area (Å²) in [7, 11) is 0. The fraction of sp³-hybridized carbons (Fsp3) is 0.571. The SMILES string of the molecule is O=C(ON1C(=O)CCC1=O)C1CO1. The third kappa shape index (κ3) is 1.52. The Labute approximate surface area is 73.3 Å². The van der Waals surface area contributed by atoms with Crippen molar-refractivity contribution >= 4 is 17.8 Å². The van der Waals surface area contributed by atoms with Crippen LogP contribution in [-0.2, 0) is 24.0 Å². The Morgan fingerprint density at radius 3 is 2.38 bits per heavy atom. The van der Waals surface area contributed by atoms with E-state index < -0.39 is 23.9 Å². The summed E-state index contributed by atoms with van der Waals surface area (Å²) in [6.45, 7) is 0.301. The molecular weight excluding hydrogens is 178 g/mol. The van der Waals surface area contributed by atoms with Gasteiger partial charge >= 0.3 is 5.97 Å². The molecule has 1 unspecified atom stereocenters. The van der Waals surface area contributed by atoms with Gasteiger partial charge in [-0.1, -0.05) is 0 Å². The Hall–Kier alpha value is -1.43. The summed E-state index contributed by atoms with van der Waals surface area (Å²) in [4.78, 5) is 37.4. The van der Waals surface area contributed by atoms with E-state index in [9.17, 15) is 14.4 Å². The van der Waals surface area contributed by atoms with Crippen molar-refractivity contribution in [3.63, 3.8) is 0 Å². The number of amides is 2. The molecule has 0 aliphatic carbocycles. The van der Waals surface area contributed by atoms with Gasteiger partial charge in [-0.3, -0.25) is 9.59 Å². The van der Waals surface area contributed by atoms with E-state index in [0.29, 0.717) is 11.7 Å². The van der Waals surface area contributed by atoms with E-state index >= 15 is 0 Å². The van der Waals surface area contributed by atoms with Gasteiger partial charge in [-0.15, -0.1) is 5.06 Å². The van der Waals surface area contributed by atoms with E-state index in [1.54, 1.807) is 0 Å². The van der Waals surface area contributed by atoms with Gasteiger partial charge in [-0.2, -0.15) is 0 Å². The monoisotopic (exact) mass is 185 g/mol. The van der Waals surface area contributed by atoms with Crippen LogP contribution in [0.3, 0.4) is 0 Å². The van der Waals surface area contributed by atoms with Crippen LogP contribution in [0.25, 0.3) is 0 Å². The summed E-state index contributed by atoms with van der Waals surface area (Å²) in [6.07, 6.45) is -0.379. The number of hydrogen-bond acceptors (Lipinski definition) is 5. The highest BCUT2D eigenvalue weighted by molar-refractivity contribution is 6.01. The van der Waals surface area contributed by atoms with Crippen molar-refractivity contribution < 1.29 is 24.0 Å². The zero-order valence-electron chi connectivity index (χ0n) is 6.69. The van der Waals surface area contributed by atoms with Crippen LogP contribution in [-0.4, -0.2) is 35.6 Å². The molecule has 2 amide bonds. The molecule has 0 spiro atoms. The second-order valence-electron chi connectivity index (χ2n) is 2.81. The predicted molar refractivity (Wildman–Crippen MR) is 36.9 cm³/mol. The number of rotatable bonds is 2. The van der Waals surface area contributed by atoms with Crippen LogP contribution >= 0.6 is 0 Å². The first-order valence-corrected chi connectivity index (χ1v) is 3.87. The summed E-state index contributed by atoms with van der Waals surface area (Å²) in [5.41, 5.74) is 0. The van der Waals surface area contributed by atoms with Gasteiger partial charge in [-0.25, -0.2) is 4.79 Å². The van der Waals surface area contributed by atoms with Crippen molar-refractivity contribution in [1.82, 2.24) is 5.06 Å². The number of epoxide rings is 1. The lowest BCUT2D eigenvalue weighted by Crippen LogP contribution is -2.33. The number of imide groups is 1. The van der Waals surface area contributed by atoms with E-state index in [-0.39, 0.29) is 12.8 Å². The van der Waals surface area contributed by atoms with Crippen molar-refractivity contribution in [2.45, 2.75) is 18.9 Å². The smallest absolute Gasteiger partial charge is 0.361 e. The Morgan fingerprint density at radius 2 is 1.92 bits per heavy atom. The van der Waals surface area contributed by atoms with Crippen LogP contribution in [0.15, 0.2) is 0 Å². The number of ether oxygens (including phenoxy) is 1. The molecule has 0 saturated carbocycles. The Morgan fingerprint density at radius 1 is 1.38 bits per heavy atom. The second kappa shape index (κ2) is 2.81. The van der Waals surface area contributed by atoms with Gasteiger partial charge in [0.1, 0.15) is 0 Å². The van der Waals surface area contributed by atoms with Crippen LogP contribution in [0.1, 0.15) is 12.8 Å². The number of carbonyl (C=O) groups excluding carboxylic acids is 3. The molecule has 0 bridgehead atoms. The van der Waals surface area contributed by atoms with Crippen LogP contribution in [0.5, 0.6) is 0 Å². The maximum Gasteiger partial charge on any atom is 0.364 e. The summed E-state index contributed by atoms with van der Waals surface area (Å²) >= 11 is 0. The van der Waals surface area contributed by atoms with E-state index in [1.807, 2.05) is 0 Å². The first-order chi connectivity index (χ1) is 6.18. The zero-order valence-corrected chi connectivity index (χ0v) is 6.69. The molecule has 6 heteroatoms. The molecule has 0 N–H and O–H groups in total. The molecule has 2 heterocycles. The molecule has 2 aliphatic rings. The number of hydroxylamine groups is 2. The lowest BCUT2D eigenvalue weighted by atomic mass is 10.4. The van der Waals surface area contributed by atoms with Crippen LogP contribution < -0.4 is 0 Å². The van der Waals surface area contributed by atoms with Crippen LogP contribution in [0, 0.1) is 0 Å². The van der Waals surface area contributed by atoms with E-state index in [4.69, 9.17) is 0 Å². The summed E-state index contributed by atoms with van der Waals surface area (Å²) in [5, 5.41) is 0.518. The molecule has 0 aromatic carbocycles. The van der Waals surface area contributed by atoms with Crippen LogP contribution in [0.2, 0.25) is 0 Å². The van der Waals surface area contributed by atoms with Crippen molar-refractivity contribution in [3.05, 3.63) is 0 Å². The zero-order chi connectivity index (χ0) is 9.42. The first-order valence-electron chi connectivity index (χ1n) is 3.87. The van der Waals surface area contributed by atoms with Gasteiger partial charge in [0.2, 0.25) is 0 Å². The lowest BCUT2D eigenvalue weighted by molar-refractivity contribution is -0.198. The Balaban J connectivity index is 1.95. The maximum atomic E-state index is 11.0. The molecular formula is C7H7NO5. The first kappa shape index (κ1) is 8.18. The fourth-order valence-corrected chi connectivity index (χ4v) is 0.991. The second-order valence-corrected chi connectivity index (χ2v) is 2.81. The Bertz CT molecular complexity index is 267. The summed E-state index contributed by atoms with van der Waals surface area (Å²) in [5.74, 6) is -1.62. The number of carbonyl (C=O) groups is 3. The largest absolute Gasteiger partial charge is 0.364 e. The third-order valence-electron chi connectivity index (χ3n) is 1.78. The van der Waals surface area contributed by atoms with Gasteiger partial charge in [-0.05, 0) is 0 Å². The molecule has 1 atom stereocenters. The number of nitrogens with zero attached hydrogens (tertiary/aromatic N) is 1. The van der Waals surface area contributed by atoms with E-state index in [1.165, 1.54) is 0 Å². The minimum atomic E-state index is -0.677. The molecule has 2 rings (SSSR count). The van der Waals surface area contributed by atoms with E-state index in [2.05, 4.69) is 9.57 Å². The minimum absolute atomic E-state index is 0.109. The average molecular weight is 185 g/mol. The van der Waals surface area contributed by atoms with Gasteiger partial charge in [0.15, 0.2) is 6.10 Å². The van der Waals surface area contributed by atoms with Crippen molar-refractivity contribution in [2.75, 3.05) is 6.61 Å². The highest BCUT2D eigenvalue weighted by atomic mass is 16.7. The summed E-state index contributed by atoms with van der Waals surface area (Å²) < 4.78 is 4.63. The molecule has 70 valence electrons. The molecule has 13 heavy (non-hydrogen) atoms. The topological polar surface area (TPSA) is 76.2 Å². The van der Waals surface area contributed by atoms with Gasteiger partial charge < -0.3 is 9.57 Å². The van der Waals surface area contributed by atoms with Gasteiger partial charge in [0, 0.05) is 12.8 Å². The minimum Gasteiger partial charge on any atom is -0.361 e. The highest BCUT2D eigenvalue weighted by Crippen LogP contribution is 2.16. The Kier molecular flexibility index (Phi) is 1.77. The normalized spacial score (nSPS) is 26.5. The maximum absolute atomic E-state index is 11.0. The van der Waals surface area contributed by atoms with Crippen molar-refractivity contribution in [2.24, 2.45) is 0 Å². The molecule has 6 nitrogen and oxygen atoms in total. The molecule has 0 aromatic heterocycles. The molecule has 2 fully saturated rings. The van der Waals surface area contributed by atoms with Crippen LogP contribution in [0.4, 0.5) is 0 Å².